The third-order valence-electron chi connectivity index (χ3n) is 4.08. The second kappa shape index (κ2) is 7.22. The van der Waals surface area contributed by atoms with Gasteiger partial charge in [-0.15, -0.1) is 11.3 Å². The molecule has 1 saturated carbocycles. The SMILES string of the molecule is CC(C)NCc1sccc1S(=O)(=O)NC1CCCCC1C. The Bertz CT molecular complexity index is 552. The van der Waals surface area contributed by atoms with E-state index in [0.29, 0.717) is 23.4 Å². The molecule has 6 heteroatoms. The number of thiophene rings is 1. The lowest BCUT2D eigenvalue weighted by atomic mass is 9.87. The van der Waals surface area contributed by atoms with E-state index in [2.05, 4.69) is 30.8 Å². The van der Waals surface area contributed by atoms with E-state index in [0.717, 1.165) is 24.1 Å². The number of hydrogen-bond acceptors (Lipinski definition) is 4. The van der Waals surface area contributed by atoms with Gasteiger partial charge >= 0.3 is 0 Å². The Hall–Kier alpha value is -0.430. The van der Waals surface area contributed by atoms with Crippen LogP contribution in [0.1, 0.15) is 51.3 Å². The van der Waals surface area contributed by atoms with Crippen molar-refractivity contribution in [2.75, 3.05) is 0 Å². The predicted molar refractivity (Wildman–Crippen MR) is 88.0 cm³/mol. The molecule has 1 aromatic heterocycles. The molecule has 1 aliphatic carbocycles. The van der Waals surface area contributed by atoms with E-state index in [9.17, 15) is 8.42 Å². The van der Waals surface area contributed by atoms with Crippen molar-refractivity contribution in [1.82, 2.24) is 10.0 Å². The lowest BCUT2D eigenvalue weighted by Crippen LogP contribution is -2.41. The van der Waals surface area contributed by atoms with Gasteiger partial charge in [-0.2, -0.15) is 0 Å². The zero-order valence-electron chi connectivity index (χ0n) is 13.1. The fourth-order valence-electron chi connectivity index (χ4n) is 2.75. The van der Waals surface area contributed by atoms with Crippen LogP contribution in [0.25, 0.3) is 0 Å². The molecule has 21 heavy (non-hydrogen) atoms. The summed E-state index contributed by atoms with van der Waals surface area (Å²) < 4.78 is 28.2. The van der Waals surface area contributed by atoms with E-state index in [1.807, 2.05) is 5.38 Å². The van der Waals surface area contributed by atoms with Crippen LogP contribution in [0.2, 0.25) is 0 Å². The third-order valence-corrected chi connectivity index (χ3v) is 6.71. The van der Waals surface area contributed by atoms with Crippen LogP contribution in [0.15, 0.2) is 16.3 Å². The van der Waals surface area contributed by atoms with Gasteiger partial charge in [0.15, 0.2) is 0 Å². The van der Waals surface area contributed by atoms with Crippen LogP contribution in [0.4, 0.5) is 0 Å². The molecule has 0 spiro atoms. The van der Waals surface area contributed by atoms with Crippen molar-refractivity contribution in [2.24, 2.45) is 5.92 Å². The van der Waals surface area contributed by atoms with Crippen molar-refractivity contribution < 1.29 is 8.42 Å². The zero-order valence-corrected chi connectivity index (χ0v) is 14.7. The standard InChI is InChI=1S/C15H26N2O2S2/c1-11(2)16-10-14-15(8-9-20-14)21(18,19)17-13-7-5-4-6-12(13)3/h8-9,11-13,16-17H,4-7,10H2,1-3H3. The maximum Gasteiger partial charge on any atom is 0.241 e. The first-order chi connectivity index (χ1) is 9.90. The summed E-state index contributed by atoms with van der Waals surface area (Å²) in [6.45, 7) is 6.86. The second-order valence-electron chi connectivity index (χ2n) is 6.23. The average Bonchev–Trinajstić information content (AvgIpc) is 2.88. The molecule has 0 bridgehead atoms. The summed E-state index contributed by atoms with van der Waals surface area (Å²) in [6.07, 6.45) is 4.38. The maximum absolute atomic E-state index is 12.6. The fourth-order valence-corrected chi connectivity index (χ4v) is 5.52. The fraction of sp³-hybridized carbons (Fsp3) is 0.733. The zero-order chi connectivity index (χ0) is 15.5. The Balaban J connectivity index is 2.10. The summed E-state index contributed by atoms with van der Waals surface area (Å²) in [4.78, 5) is 1.33. The van der Waals surface area contributed by atoms with Gasteiger partial charge in [0.2, 0.25) is 10.0 Å². The Kier molecular flexibility index (Phi) is 5.82. The first-order valence-corrected chi connectivity index (χ1v) is 10.1. The Labute approximate surface area is 132 Å². The Morgan fingerprint density at radius 1 is 1.33 bits per heavy atom. The molecule has 0 aromatic carbocycles. The smallest absolute Gasteiger partial charge is 0.241 e. The Morgan fingerprint density at radius 3 is 2.71 bits per heavy atom. The molecule has 1 aliphatic rings. The molecule has 0 amide bonds. The van der Waals surface area contributed by atoms with Gasteiger partial charge in [0.1, 0.15) is 0 Å². The summed E-state index contributed by atoms with van der Waals surface area (Å²) in [5, 5.41) is 5.15. The van der Waals surface area contributed by atoms with Crippen molar-refractivity contribution in [3.63, 3.8) is 0 Å². The Morgan fingerprint density at radius 2 is 2.05 bits per heavy atom. The van der Waals surface area contributed by atoms with E-state index in [1.165, 1.54) is 17.8 Å². The van der Waals surface area contributed by atoms with Crippen LogP contribution in [0.5, 0.6) is 0 Å². The topological polar surface area (TPSA) is 58.2 Å². The van der Waals surface area contributed by atoms with E-state index in [1.54, 1.807) is 6.07 Å². The van der Waals surface area contributed by atoms with Crippen molar-refractivity contribution in [3.05, 3.63) is 16.3 Å². The van der Waals surface area contributed by atoms with Crippen LogP contribution < -0.4 is 10.0 Å². The molecule has 0 saturated heterocycles. The molecule has 2 atom stereocenters. The van der Waals surface area contributed by atoms with Gasteiger partial charge in [-0.25, -0.2) is 13.1 Å². The van der Waals surface area contributed by atoms with E-state index in [-0.39, 0.29) is 6.04 Å². The number of rotatable bonds is 6. The molecule has 1 fully saturated rings. The van der Waals surface area contributed by atoms with Gasteiger partial charge in [0, 0.05) is 23.5 Å². The lowest BCUT2D eigenvalue weighted by molar-refractivity contribution is 0.310. The molecular formula is C15H26N2O2S2. The van der Waals surface area contributed by atoms with Crippen molar-refractivity contribution >= 4 is 21.4 Å². The molecule has 1 aromatic rings. The van der Waals surface area contributed by atoms with E-state index >= 15 is 0 Å². The molecule has 2 rings (SSSR count). The molecular weight excluding hydrogens is 304 g/mol. The number of sulfonamides is 1. The second-order valence-corrected chi connectivity index (χ2v) is 8.92. The highest BCUT2D eigenvalue weighted by Crippen LogP contribution is 2.27. The van der Waals surface area contributed by atoms with Crippen LogP contribution in [-0.4, -0.2) is 20.5 Å². The van der Waals surface area contributed by atoms with Crippen LogP contribution in [0, 0.1) is 5.92 Å². The lowest BCUT2D eigenvalue weighted by Gasteiger charge is -2.29. The summed E-state index contributed by atoms with van der Waals surface area (Å²) in [5.41, 5.74) is 0. The van der Waals surface area contributed by atoms with E-state index in [4.69, 9.17) is 0 Å². The van der Waals surface area contributed by atoms with Crippen molar-refractivity contribution in [2.45, 2.75) is 70.0 Å². The highest BCUT2D eigenvalue weighted by Gasteiger charge is 2.28. The van der Waals surface area contributed by atoms with E-state index < -0.39 is 10.0 Å². The first kappa shape index (κ1) is 16.9. The molecule has 0 aliphatic heterocycles. The normalized spacial score (nSPS) is 23.6. The number of nitrogens with one attached hydrogen (secondary N) is 2. The van der Waals surface area contributed by atoms with Gasteiger partial charge in [-0.3, -0.25) is 0 Å². The highest BCUT2D eigenvalue weighted by molar-refractivity contribution is 7.89. The summed E-state index contributed by atoms with van der Waals surface area (Å²) in [7, 11) is -3.41. The van der Waals surface area contributed by atoms with Crippen LogP contribution in [0.3, 0.4) is 0 Å². The van der Waals surface area contributed by atoms with Gasteiger partial charge in [-0.1, -0.05) is 33.6 Å². The van der Waals surface area contributed by atoms with Gasteiger partial charge in [0.05, 0.1) is 4.90 Å². The summed E-state index contributed by atoms with van der Waals surface area (Å²) in [6, 6.07) is 2.14. The summed E-state index contributed by atoms with van der Waals surface area (Å²) in [5.74, 6) is 0.421. The number of hydrogen-bond donors (Lipinski definition) is 2. The van der Waals surface area contributed by atoms with Crippen LogP contribution >= 0.6 is 11.3 Å². The third kappa shape index (κ3) is 4.52. The van der Waals surface area contributed by atoms with Gasteiger partial charge < -0.3 is 5.32 Å². The van der Waals surface area contributed by atoms with Crippen LogP contribution in [-0.2, 0) is 16.6 Å². The minimum Gasteiger partial charge on any atom is -0.310 e. The molecule has 4 nitrogen and oxygen atoms in total. The molecule has 120 valence electrons. The average molecular weight is 331 g/mol. The van der Waals surface area contributed by atoms with Crippen molar-refractivity contribution in [1.29, 1.82) is 0 Å². The first-order valence-electron chi connectivity index (χ1n) is 7.72. The maximum atomic E-state index is 12.6. The quantitative estimate of drug-likeness (QED) is 0.842. The summed E-state index contributed by atoms with van der Waals surface area (Å²) >= 11 is 1.50. The predicted octanol–water partition coefficient (Wildman–Crippen LogP) is 3.10. The molecule has 1 heterocycles. The minimum atomic E-state index is -3.41. The van der Waals surface area contributed by atoms with Gasteiger partial charge in [0.25, 0.3) is 0 Å². The largest absolute Gasteiger partial charge is 0.310 e. The van der Waals surface area contributed by atoms with Crippen molar-refractivity contribution in [3.8, 4) is 0 Å². The highest BCUT2D eigenvalue weighted by atomic mass is 32.2. The molecule has 2 N–H and O–H groups in total. The monoisotopic (exact) mass is 330 g/mol. The molecule has 2 unspecified atom stereocenters. The van der Waals surface area contributed by atoms with Gasteiger partial charge in [-0.05, 0) is 30.2 Å². The molecule has 0 radical (unpaired) electrons. The minimum absolute atomic E-state index is 0.0783.